The summed E-state index contributed by atoms with van der Waals surface area (Å²) in [4.78, 5) is 16.1. The maximum atomic E-state index is 12.4. The highest BCUT2D eigenvalue weighted by Crippen LogP contribution is 2.36. The Bertz CT molecular complexity index is 504. The van der Waals surface area contributed by atoms with Crippen molar-refractivity contribution < 1.29 is 9.53 Å². The van der Waals surface area contributed by atoms with Gasteiger partial charge in [-0.25, -0.2) is 0 Å². The van der Waals surface area contributed by atoms with Crippen LogP contribution >= 0.6 is 22.9 Å². The molecule has 3 atom stereocenters. The topological polar surface area (TPSA) is 29.5 Å². The van der Waals surface area contributed by atoms with Crippen LogP contribution in [0.5, 0.6) is 0 Å². The molecule has 5 heteroatoms. The maximum Gasteiger partial charge on any atom is 0.323 e. The Morgan fingerprint density at radius 2 is 2.29 bits per heavy atom. The highest BCUT2D eigenvalue weighted by Gasteiger charge is 2.40. The van der Waals surface area contributed by atoms with Crippen LogP contribution in [0, 0.1) is 5.92 Å². The van der Waals surface area contributed by atoms with E-state index in [2.05, 4.69) is 16.3 Å². The van der Waals surface area contributed by atoms with Crippen molar-refractivity contribution in [3.05, 3.63) is 21.9 Å². The first-order valence-corrected chi connectivity index (χ1v) is 9.03. The minimum absolute atomic E-state index is 0.0896. The fraction of sp³-hybridized carbons (Fsp3) is 0.688. The lowest BCUT2D eigenvalue weighted by molar-refractivity contribution is -0.150. The van der Waals surface area contributed by atoms with Gasteiger partial charge >= 0.3 is 5.97 Å². The second-order valence-corrected chi connectivity index (χ2v) is 7.58. The Balaban J connectivity index is 1.81. The van der Waals surface area contributed by atoms with E-state index in [0.29, 0.717) is 0 Å². The summed E-state index contributed by atoms with van der Waals surface area (Å²) >= 11 is 8.36. The minimum atomic E-state index is -0.189. The summed E-state index contributed by atoms with van der Waals surface area (Å²) in [6.45, 7) is 1.77. The summed E-state index contributed by atoms with van der Waals surface area (Å²) < 4.78 is 5.10. The van der Waals surface area contributed by atoms with Crippen LogP contribution in [0.15, 0.2) is 11.4 Å². The summed E-state index contributed by atoms with van der Waals surface area (Å²) in [5.74, 6) is 0.0966. The zero-order valence-corrected chi connectivity index (χ0v) is 14.0. The molecule has 2 unspecified atom stereocenters. The third kappa shape index (κ3) is 3.13. The van der Waals surface area contributed by atoms with Crippen LogP contribution in [0.3, 0.4) is 0 Å². The molecule has 0 aromatic carbocycles. The number of hydrogen-bond acceptors (Lipinski definition) is 4. The van der Waals surface area contributed by atoms with E-state index in [-0.39, 0.29) is 23.3 Å². The van der Waals surface area contributed by atoms with Crippen molar-refractivity contribution in [2.45, 2.75) is 50.1 Å². The zero-order valence-electron chi connectivity index (χ0n) is 12.4. The average molecular weight is 328 g/mol. The van der Waals surface area contributed by atoms with E-state index >= 15 is 0 Å². The van der Waals surface area contributed by atoms with Gasteiger partial charge in [0.1, 0.15) is 6.04 Å². The Kier molecular flexibility index (Phi) is 4.87. The largest absolute Gasteiger partial charge is 0.468 e. The highest BCUT2D eigenvalue weighted by atomic mass is 35.5. The first-order valence-electron chi connectivity index (χ1n) is 7.72. The smallest absolute Gasteiger partial charge is 0.323 e. The van der Waals surface area contributed by atoms with E-state index in [1.165, 1.54) is 30.4 Å². The fourth-order valence-electron chi connectivity index (χ4n) is 3.69. The van der Waals surface area contributed by atoms with Gasteiger partial charge in [-0.1, -0.05) is 12.8 Å². The van der Waals surface area contributed by atoms with Crippen LogP contribution in [-0.4, -0.2) is 35.9 Å². The number of fused-ring (bicyclic) bond motifs is 1. The van der Waals surface area contributed by atoms with Gasteiger partial charge in [0, 0.05) is 29.3 Å². The van der Waals surface area contributed by atoms with Gasteiger partial charge in [0.25, 0.3) is 0 Å². The molecule has 21 heavy (non-hydrogen) atoms. The Hall–Kier alpha value is -0.580. The number of alkyl halides is 1. The lowest BCUT2D eigenvalue weighted by Crippen LogP contribution is -2.51. The molecule has 0 amide bonds. The Labute approximate surface area is 135 Å². The van der Waals surface area contributed by atoms with E-state index in [1.54, 1.807) is 0 Å². The number of thiophene rings is 1. The van der Waals surface area contributed by atoms with Crippen molar-refractivity contribution in [1.29, 1.82) is 0 Å². The van der Waals surface area contributed by atoms with Crippen molar-refractivity contribution >= 4 is 28.9 Å². The Morgan fingerprint density at radius 1 is 1.48 bits per heavy atom. The summed E-state index contributed by atoms with van der Waals surface area (Å²) in [5, 5.41) is 2.23. The molecule has 1 saturated carbocycles. The van der Waals surface area contributed by atoms with Crippen LogP contribution in [0.4, 0.5) is 0 Å². The van der Waals surface area contributed by atoms with Crippen LogP contribution in [-0.2, 0) is 22.5 Å². The first kappa shape index (κ1) is 15.3. The number of methoxy groups -OCH3 is 1. The van der Waals surface area contributed by atoms with E-state index in [0.717, 1.165) is 32.4 Å². The molecule has 0 radical (unpaired) electrons. The summed E-state index contributed by atoms with van der Waals surface area (Å²) in [7, 11) is 1.49. The van der Waals surface area contributed by atoms with Gasteiger partial charge in [-0.15, -0.1) is 22.9 Å². The average Bonchev–Trinajstić information content (AvgIpc) is 2.97. The molecule has 3 rings (SSSR count). The van der Waals surface area contributed by atoms with Gasteiger partial charge in [0.15, 0.2) is 0 Å². The third-order valence-corrected chi connectivity index (χ3v) is 6.38. The molecular formula is C16H22ClNO2S. The number of carbonyl (C=O) groups is 1. The summed E-state index contributed by atoms with van der Waals surface area (Å²) in [6.07, 6.45) is 5.41. The molecule has 1 aromatic rings. The molecule has 1 aliphatic carbocycles. The van der Waals surface area contributed by atoms with Crippen molar-refractivity contribution in [2.75, 3.05) is 13.7 Å². The second kappa shape index (κ2) is 6.67. The molecule has 0 bridgehead atoms. The molecule has 0 spiro atoms. The number of ether oxygens (including phenoxy) is 1. The van der Waals surface area contributed by atoms with E-state index in [4.69, 9.17) is 16.3 Å². The minimum Gasteiger partial charge on any atom is -0.468 e. The molecule has 1 fully saturated rings. The molecule has 2 heterocycles. The maximum absolute atomic E-state index is 12.4. The normalized spacial score (nSPS) is 27.9. The van der Waals surface area contributed by atoms with Crippen molar-refractivity contribution in [1.82, 2.24) is 4.90 Å². The van der Waals surface area contributed by atoms with Crippen molar-refractivity contribution in [3.63, 3.8) is 0 Å². The van der Waals surface area contributed by atoms with Crippen LogP contribution in [0.1, 0.15) is 36.1 Å². The zero-order chi connectivity index (χ0) is 14.8. The van der Waals surface area contributed by atoms with Gasteiger partial charge in [-0.3, -0.25) is 9.69 Å². The lowest BCUT2D eigenvalue weighted by atomic mass is 9.82. The molecule has 0 N–H and O–H groups in total. The van der Waals surface area contributed by atoms with Gasteiger partial charge in [-0.2, -0.15) is 0 Å². The number of rotatable bonds is 3. The van der Waals surface area contributed by atoms with E-state index < -0.39 is 0 Å². The van der Waals surface area contributed by atoms with Crippen LogP contribution in [0.25, 0.3) is 0 Å². The van der Waals surface area contributed by atoms with Gasteiger partial charge in [-0.05, 0) is 36.3 Å². The van der Waals surface area contributed by atoms with E-state index in [9.17, 15) is 4.79 Å². The monoisotopic (exact) mass is 327 g/mol. The fourth-order valence-corrected chi connectivity index (χ4v) is 5.00. The first-order chi connectivity index (χ1) is 10.2. The Morgan fingerprint density at radius 3 is 3.05 bits per heavy atom. The van der Waals surface area contributed by atoms with E-state index in [1.807, 2.05) is 11.3 Å². The van der Waals surface area contributed by atoms with Crippen molar-refractivity contribution in [2.24, 2.45) is 5.92 Å². The predicted molar refractivity (Wildman–Crippen MR) is 85.8 cm³/mol. The van der Waals surface area contributed by atoms with Crippen LogP contribution < -0.4 is 0 Å². The SMILES string of the molecule is COC(=O)[C@H](C1CCCCC1Cl)N1CCc2sccc2C1. The highest BCUT2D eigenvalue weighted by molar-refractivity contribution is 7.10. The molecule has 3 nitrogen and oxygen atoms in total. The number of nitrogens with zero attached hydrogens (tertiary/aromatic N) is 1. The van der Waals surface area contributed by atoms with Gasteiger partial charge in [0.05, 0.1) is 7.11 Å². The molecule has 1 aliphatic heterocycles. The van der Waals surface area contributed by atoms with Crippen molar-refractivity contribution in [3.8, 4) is 0 Å². The molecule has 1 aromatic heterocycles. The number of hydrogen-bond donors (Lipinski definition) is 0. The third-order valence-electron chi connectivity index (χ3n) is 4.81. The predicted octanol–water partition coefficient (Wildman–Crippen LogP) is 3.45. The summed E-state index contributed by atoms with van der Waals surface area (Å²) in [5.41, 5.74) is 1.36. The molecule has 0 saturated heterocycles. The number of halogens is 1. The molecular weight excluding hydrogens is 306 g/mol. The summed E-state index contributed by atoms with van der Waals surface area (Å²) in [6, 6.07) is 1.99. The van der Waals surface area contributed by atoms with Gasteiger partial charge in [0.2, 0.25) is 0 Å². The molecule has 116 valence electrons. The molecule has 2 aliphatic rings. The van der Waals surface area contributed by atoms with Crippen LogP contribution in [0.2, 0.25) is 0 Å². The second-order valence-electron chi connectivity index (χ2n) is 6.02. The van der Waals surface area contributed by atoms with Gasteiger partial charge < -0.3 is 4.74 Å². The number of esters is 1. The lowest BCUT2D eigenvalue weighted by Gasteiger charge is -2.40. The quantitative estimate of drug-likeness (QED) is 0.629. The standard InChI is InChI=1S/C16H22ClNO2S/c1-20-16(19)15(12-4-2-3-5-13(12)17)18-8-6-14-11(10-18)7-9-21-14/h7,9,12-13,15H,2-6,8,10H2,1H3/t12?,13?,15-/m0/s1. The number of carbonyl (C=O) groups excluding carboxylic acids is 1.